The van der Waals surface area contributed by atoms with Gasteiger partial charge in [-0.1, -0.05) is 0 Å². The summed E-state index contributed by atoms with van der Waals surface area (Å²) in [4.78, 5) is 16.3. The van der Waals surface area contributed by atoms with Crippen LogP contribution in [0.15, 0.2) is 48.0 Å². The highest BCUT2D eigenvalue weighted by molar-refractivity contribution is 6.13. The third kappa shape index (κ3) is 3.07. The molecule has 0 spiro atoms. The van der Waals surface area contributed by atoms with Crippen LogP contribution in [0.2, 0.25) is 0 Å². The van der Waals surface area contributed by atoms with Gasteiger partial charge in [0.2, 0.25) is 0 Å². The van der Waals surface area contributed by atoms with Gasteiger partial charge in [0.05, 0.1) is 47.9 Å². The van der Waals surface area contributed by atoms with Crippen molar-refractivity contribution in [2.45, 2.75) is 19.9 Å². The maximum absolute atomic E-state index is 10.5. The average molecular weight is 388 g/mol. The van der Waals surface area contributed by atoms with Gasteiger partial charge in [0, 0.05) is 35.6 Å². The molecule has 1 fully saturated rings. The summed E-state index contributed by atoms with van der Waals surface area (Å²) >= 11 is 0. The topological polar surface area (TPSA) is 101 Å². The Morgan fingerprint density at radius 1 is 1.31 bits per heavy atom. The van der Waals surface area contributed by atoms with Crippen LogP contribution >= 0.6 is 0 Å². The highest BCUT2D eigenvalue weighted by Gasteiger charge is 2.21. The number of H-pyrrole nitrogens is 1. The molecule has 1 aliphatic heterocycles. The summed E-state index contributed by atoms with van der Waals surface area (Å²) in [5.41, 5.74) is 4.90. The lowest BCUT2D eigenvalue weighted by Gasteiger charge is -2.25. The normalized spacial score (nSPS) is 15.0. The molecule has 0 bridgehead atoms. The fourth-order valence-corrected chi connectivity index (χ4v) is 3.52. The molecule has 0 saturated carbocycles. The van der Waals surface area contributed by atoms with Crippen LogP contribution in [0.1, 0.15) is 24.1 Å². The second-order valence-electron chi connectivity index (χ2n) is 7.20. The van der Waals surface area contributed by atoms with E-state index < -0.39 is 0 Å². The van der Waals surface area contributed by atoms with E-state index in [-0.39, 0.29) is 11.9 Å². The first-order valence-electron chi connectivity index (χ1n) is 9.40. The first-order chi connectivity index (χ1) is 14.1. The third-order valence-electron chi connectivity index (χ3n) is 5.21. The van der Waals surface area contributed by atoms with Crippen LogP contribution < -0.4 is 0 Å². The number of ether oxygens (including phenoxy) is 1. The zero-order valence-electron chi connectivity index (χ0n) is 16.1. The molecule has 4 aromatic rings. The maximum Gasteiger partial charge on any atom is 0.198 e. The van der Waals surface area contributed by atoms with Gasteiger partial charge < -0.3 is 14.8 Å². The molecule has 2 N–H and O–H groups in total. The number of fused-ring (bicyclic) bond motifs is 1. The smallest absolute Gasteiger partial charge is 0.198 e. The first kappa shape index (κ1) is 17.6. The predicted molar refractivity (Wildman–Crippen MR) is 110 cm³/mol. The maximum atomic E-state index is 10.5. The Labute approximate surface area is 166 Å². The van der Waals surface area contributed by atoms with Gasteiger partial charge in [-0.15, -0.1) is 0 Å². The van der Waals surface area contributed by atoms with Gasteiger partial charge in [0.25, 0.3) is 0 Å². The molecule has 146 valence electrons. The van der Waals surface area contributed by atoms with Gasteiger partial charge in [0.15, 0.2) is 11.7 Å². The molecule has 0 unspecified atom stereocenters. The third-order valence-corrected chi connectivity index (χ3v) is 5.21. The minimum atomic E-state index is 0.0648. The minimum absolute atomic E-state index is 0.0648. The van der Waals surface area contributed by atoms with Crippen LogP contribution in [0.4, 0.5) is 5.82 Å². The number of hydrogen-bond acceptors (Lipinski definition) is 6. The van der Waals surface area contributed by atoms with Gasteiger partial charge >= 0.3 is 0 Å². The van der Waals surface area contributed by atoms with E-state index in [2.05, 4.69) is 25.0 Å². The molecule has 4 aromatic heterocycles. The van der Waals surface area contributed by atoms with E-state index in [0.29, 0.717) is 30.3 Å². The van der Waals surface area contributed by atoms with Crippen molar-refractivity contribution < 1.29 is 9.84 Å². The van der Waals surface area contributed by atoms with Crippen molar-refractivity contribution in [3.05, 3.63) is 54.1 Å². The molecule has 0 amide bonds. The van der Waals surface area contributed by atoms with Crippen molar-refractivity contribution in [2.24, 2.45) is 4.99 Å². The summed E-state index contributed by atoms with van der Waals surface area (Å²) in [6.45, 7) is 5.24. The monoisotopic (exact) mass is 388 g/mol. The number of aromatic hydroxyl groups is 1. The van der Waals surface area contributed by atoms with E-state index >= 15 is 0 Å². The lowest BCUT2D eigenvalue weighted by molar-refractivity contribution is -0.0285. The highest BCUT2D eigenvalue weighted by Crippen LogP contribution is 2.32. The lowest BCUT2D eigenvalue weighted by Crippen LogP contribution is -2.30. The fourth-order valence-electron chi connectivity index (χ4n) is 3.52. The number of hydrogen-bond donors (Lipinski definition) is 2. The van der Waals surface area contributed by atoms with E-state index in [1.807, 2.05) is 42.9 Å². The molecule has 0 radical (unpaired) electrons. The van der Waals surface area contributed by atoms with E-state index in [1.165, 1.54) is 0 Å². The molecule has 0 aromatic carbocycles. The molecular formula is C21H20N6O2. The summed E-state index contributed by atoms with van der Waals surface area (Å²) < 4.78 is 7.09. The van der Waals surface area contributed by atoms with Crippen LogP contribution in [0, 0.1) is 6.92 Å². The number of aromatic amines is 1. The van der Waals surface area contributed by atoms with Crippen molar-refractivity contribution in [2.75, 3.05) is 13.2 Å². The Bertz CT molecular complexity index is 1240. The molecule has 8 heteroatoms. The summed E-state index contributed by atoms with van der Waals surface area (Å²) in [7, 11) is 0. The molecule has 1 aliphatic rings. The molecule has 29 heavy (non-hydrogen) atoms. The van der Waals surface area contributed by atoms with E-state index in [9.17, 15) is 5.11 Å². The predicted octanol–water partition coefficient (Wildman–Crippen LogP) is 3.55. The number of rotatable bonds is 4. The molecule has 0 aliphatic carbocycles. The zero-order valence-corrected chi connectivity index (χ0v) is 16.1. The number of aromatic nitrogens is 5. The van der Waals surface area contributed by atoms with Gasteiger partial charge in [0.1, 0.15) is 0 Å². The van der Waals surface area contributed by atoms with Crippen molar-refractivity contribution in [3.63, 3.8) is 0 Å². The number of aliphatic imine (C=N–C) groups is 1. The van der Waals surface area contributed by atoms with Crippen LogP contribution in [0.5, 0.6) is 5.88 Å². The standard InChI is InChI=1S/C21H20N6O2/c1-12-3-5-22-8-16(12)17-7-15-18(9-23-17)25-21(28)20(15)13(2)24-19-4-6-27(26-19)14-10-29-11-14/h3-9,14,25,28H,10-11H2,1-2H3. The molecule has 1 saturated heterocycles. The van der Waals surface area contributed by atoms with E-state index in [0.717, 1.165) is 27.7 Å². The SMILES string of the molecule is CC(=Nc1ccn(C2COC2)n1)c1c(O)[nH]c2cnc(-c3cnccc3C)cc12. The van der Waals surface area contributed by atoms with Crippen molar-refractivity contribution in [3.8, 4) is 17.1 Å². The number of nitrogens with one attached hydrogen (secondary N) is 1. The van der Waals surface area contributed by atoms with Crippen LogP contribution in [0.3, 0.4) is 0 Å². The Morgan fingerprint density at radius 2 is 2.17 bits per heavy atom. The molecular weight excluding hydrogens is 368 g/mol. The Hall–Kier alpha value is -3.52. The highest BCUT2D eigenvalue weighted by atomic mass is 16.5. The van der Waals surface area contributed by atoms with Crippen molar-refractivity contribution in [1.29, 1.82) is 0 Å². The minimum Gasteiger partial charge on any atom is -0.494 e. The average Bonchev–Trinajstić information content (AvgIpc) is 3.23. The molecule has 5 rings (SSSR count). The van der Waals surface area contributed by atoms with E-state index in [4.69, 9.17) is 4.74 Å². The number of nitrogens with zero attached hydrogens (tertiary/aromatic N) is 5. The van der Waals surface area contributed by atoms with E-state index in [1.54, 1.807) is 18.6 Å². The summed E-state index contributed by atoms with van der Waals surface area (Å²) in [5.74, 6) is 0.662. The number of aryl methyl sites for hydroxylation is 1. The Kier molecular flexibility index (Phi) is 4.13. The van der Waals surface area contributed by atoms with Crippen LogP contribution in [-0.2, 0) is 4.74 Å². The quantitative estimate of drug-likeness (QED) is 0.521. The summed E-state index contributed by atoms with van der Waals surface area (Å²) in [6, 6.07) is 6.04. The van der Waals surface area contributed by atoms with Crippen LogP contribution in [-0.4, -0.2) is 48.8 Å². The van der Waals surface area contributed by atoms with Gasteiger partial charge in [-0.25, -0.2) is 4.99 Å². The first-order valence-corrected chi connectivity index (χ1v) is 9.40. The fraction of sp³-hybridized carbons (Fsp3) is 0.238. The largest absolute Gasteiger partial charge is 0.494 e. The number of pyridine rings is 2. The van der Waals surface area contributed by atoms with Gasteiger partial charge in [-0.2, -0.15) is 5.10 Å². The second-order valence-corrected chi connectivity index (χ2v) is 7.20. The summed E-state index contributed by atoms with van der Waals surface area (Å²) in [6.07, 6.45) is 7.19. The zero-order chi connectivity index (χ0) is 20.0. The molecule has 8 nitrogen and oxygen atoms in total. The van der Waals surface area contributed by atoms with Gasteiger partial charge in [-0.05, 0) is 31.5 Å². The van der Waals surface area contributed by atoms with Gasteiger partial charge in [-0.3, -0.25) is 14.6 Å². The lowest BCUT2D eigenvalue weighted by atomic mass is 10.0. The van der Waals surface area contributed by atoms with Crippen LogP contribution in [0.25, 0.3) is 22.2 Å². The Balaban J connectivity index is 1.56. The van der Waals surface area contributed by atoms with Crippen molar-refractivity contribution in [1.82, 2.24) is 24.7 Å². The molecule has 0 atom stereocenters. The molecule has 5 heterocycles. The summed E-state index contributed by atoms with van der Waals surface area (Å²) in [5, 5.41) is 15.9. The second kappa shape index (κ2) is 6.82. The Morgan fingerprint density at radius 3 is 2.93 bits per heavy atom. The van der Waals surface area contributed by atoms with Crippen molar-refractivity contribution >= 4 is 22.4 Å².